The molecule has 144 valence electrons. The van der Waals surface area contributed by atoms with Gasteiger partial charge in [-0.15, -0.1) is 11.3 Å². The van der Waals surface area contributed by atoms with Crippen molar-refractivity contribution in [2.45, 2.75) is 26.2 Å². The molecule has 0 spiro atoms. The Hall–Kier alpha value is -2.55. The molecule has 0 saturated heterocycles. The Morgan fingerprint density at radius 3 is 2.67 bits per heavy atom. The predicted octanol–water partition coefficient (Wildman–Crippen LogP) is 4.55. The van der Waals surface area contributed by atoms with E-state index in [9.17, 15) is 22.4 Å². The van der Waals surface area contributed by atoms with Crippen LogP contribution in [0, 0.1) is 0 Å². The zero-order valence-corrected chi connectivity index (χ0v) is 14.7. The van der Waals surface area contributed by atoms with Crippen LogP contribution in [-0.2, 0) is 17.8 Å². The lowest BCUT2D eigenvalue weighted by atomic mass is 10.1. The van der Waals surface area contributed by atoms with E-state index in [1.807, 2.05) is 11.4 Å². The van der Waals surface area contributed by atoms with Gasteiger partial charge in [0.1, 0.15) is 11.5 Å². The van der Waals surface area contributed by atoms with E-state index in [1.54, 1.807) is 16.2 Å². The van der Waals surface area contributed by atoms with Gasteiger partial charge in [-0.1, -0.05) is 0 Å². The molecule has 0 bridgehead atoms. The number of benzene rings is 1. The molecule has 1 aromatic carbocycles. The normalized spacial score (nSPS) is 14.1. The minimum Gasteiger partial charge on any atom is -0.435 e. The lowest BCUT2D eigenvalue weighted by Crippen LogP contribution is -2.34. The summed E-state index contributed by atoms with van der Waals surface area (Å²) in [6, 6.07) is 5.36. The molecule has 9 heteroatoms. The number of rotatable bonds is 6. The van der Waals surface area contributed by atoms with Crippen LogP contribution in [0.1, 0.15) is 16.0 Å². The number of carbonyl (C=O) groups excluding carboxylic acids is 1. The molecule has 0 fully saturated rings. The lowest BCUT2D eigenvalue weighted by molar-refractivity contribution is -0.126. The maximum atomic E-state index is 12.6. The number of fused-ring (bicyclic) bond motifs is 1. The van der Waals surface area contributed by atoms with Crippen molar-refractivity contribution in [3.63, 3.8) is 0 Å². The van der Waals surface area contributed by atoms with E-state index >= 15 is 0 Å². The van der Waals surface area contributed by atoms with Crippen LogP contribution in [0.4, 0.5) is 17.6 Å². The number of ether oxygens (including phenoxy) is 2. The first-order valence-corrected chi connectivity index (χ1v) is 8.86. The first-order chi connectivity index (χ1) is 12.9. The van der Waals surface area contributed by atoms with Gasteiger partial charge in [0, 0.05) is 35.7 Å². The summed E-state index contributed by atoms with van der Waals surface area (Å²) in [5.74, 6) is -0.945. The molecule has 0 radical (unpaired) electrons. The number of hydrogen-bond donors (Lipinski definition) is 0. The zero-order chi connectivity index (χ0) is 19.4. The van der Waals surface area contributed by atoms with E-state index in [-0.39, 0.29) is 23.0 Å². The second-order valence-corrected chi connectivity index (χ2v) is 6.67. The molecule has 2 aromatic rings. The van der Waals surface area contributed by atoms with Crippen LogP contribution in [0.5, 0.6) is 11.5 Å². The summed E-state index contributed by atoms with van der Waals surface area (Å²) in [6.07, 6.45) is 3.33. The summed E-state index contributed by atoms with van der Waals surface area (Å²) in [5.41, 5.74) is 1.25. The van der Waals surface area contributed by atoms with Gasteiger partial charge in [0.2, 0.25) is 5.91 Å². The fraction of sp³-hybridized carbons (Fsp3) is 0.278. The number of nitrogens with zero attached hydrogens (tertiary/aromatic N) is 1. The van der Waals surface area contributed by atoms with E-state index in [4.69, 9.17) is 0 Å². The first-order valence-electron chi connectivity index (χ1n) is 7.98. The molecule has 0 aliphatic carbocycles. The Kier molecular flexibility index (Phi) is 6.00. The Balaban J connectivity index is 1.74. The third-order valence-corrected chi connectivity index (χ3v) is 4.97. The van der Waals surface area contributed by atoms with Crippen LogP contribution in [0.15, 0.2) is 35.7 Å². The van der Waals surface area contributed by atoms with Crippen molar-refractivity contribution in [2.24, 2.45) is 0 Å². The maximum Gasteiger partial charge on any atom is 0.387 e. The molecule has 1 aliphatic rings. The second kappa shape index (κ2) is 8.43. The van der Waals surface area contributed by atoms with Gasteiger partial charge in [-0.25, -0.2) is 0 Å². The molecular weight excluding hydrogens is 386 g/mol. The van der Waals surface area contributed by atoms with E-state index in [1.165, 1.54) is 29.2 Å². The van der Waals surface area contributed by atoms with Gasteiger partial charge in [-0.2, -0.15) is 17.6 Å². The summed E-state index contributed by atoms with van der Waals surface area (Å²) in [4.78, 5) is 15.3. The maximum absolute atomic E-state index is 12.6. The largest absolute Gasteiger partial charge is 0.435 e. The fourth-order valence-corrected chi connectivity index (χ4v) is 3.62. The van der Waals surface area contributed by atoms with Crippen LogP contribution < -0.4 is 9.47 Å². The van der Waals surface area contributed by atoms with E-state index in [2.05, 4.69) is 9.47 Å². The molecule has 0 unspecified atom stereocenters. The number of alkyl halides is 4. The molecule has 4 nitrogen and oxygen atoms in total. The smallest absolute Gasteiger partial charge is 0.387 e. The van der Waals surface area contributed by atoms with Crippen LogP contribution in [0.25, 0.3) is 6.08 Å². The summed E-state index contributed by atoms with van der Waals surface area (Å²) in [6.45, 7) is -5.18. The molecule has 3 rings (SSSR count). The Morgan fingerprint density at radius 1 is 1.15 bits per heavy atom. The second-order valence-electron chi connectivity index (χ2n) is 5.67. The topological polar surface area (TPSA) is 38.8 Å². The lowest BCUT2D eigenvalue weighted by Gasteiger charge is -2.25. The molecular formula is C18H15F4NO3S. The molecule has 0 N–H and O–H groups in total. The van der Waals surface area contributed by atoms with Crippen molar-refractivity contribution in [2.75, 3.05) is 6.54 Å². The standard InChI is InChI=1S/C18H15F4NO3S/c19-17(20)25-13-3-1-11(14(9-13)26-18(21)22)2-4-16(24)23-7-5-15-12(10-23)6-8-27-15/h1-4,6,8-9,17-18H,5,7,10H2. The predicted molar refractivity (Wildman–Crippen MR) is 92.2 cm³/mol. The number of halogens is 4. The van der Waals surface area contributed by atoms with Gasteiger partial charge >= 0.3 is 13.2 Å². The monoisotopic (exact) mass is 401 g/mol. The number of thiophene rings is 1. The Labute approximate surface area is 156 Å². The molecule has 27 heavy (non-hydrogen) atoms. The van der Waals surface area contributed by atoms with Crippen LogP contribution in [-0.4, -0.2) is 30.6 Å². The quantitative estimate of drug-likeness (QED) is 0.527. The van der Waals surface area contributed by atoms with Crippen LogP contribution in [0.3, 0.4) is 0 Å². The number of carbonyl (C=O) groups is 1. The summed E-state index contributed by atoms with van der Waals surface area (Å²) >= 11 is 1.65. The molecule has 1 aliphatic heterocycles. The Bertz CT molecular complexity index is 838. The van der Waals surface area contributed by atoms with Gasteiger partial charge in [-0.05, 0) is 41.6 Å². The van der Waals surface area contributed by atoms with Crippen molar-refractivity contribution in [3.8, 4) is 11.5 Å². The van der Waals surface area contributed by atoms with Gasteiger partial charge in [0.25, 0.3) is 0 Å². The summed E-state index contributed by atoms with van der Waals surface area (Å²) < 4.78 is 58.3. The van der Waals surface area contributed by atoms with Gasteiger partial charge in [-0.3, -0.25) is 4.79 Å². The van der Waals surface area contributed by atoms with Gasteiger partial charge < -0.3 is 14.4 Å². The highest BCUT2D eigenvalue weighted by molar-refractivity contribution is 7.10. The highest BCUT2D eigenvalue weighted by atomic mass is 32.1. The van der Waals surface area contributed by atoms with Gasteiger partial charge in [0.15, 0.2) is 0 Å². The average Bonchev–Trinajstić information content (AvgIpc) is 3.07. The molecule has 0 saturated carbocycles. The van der Waals surface area contributed by atoms with Crippen LogP contribution in [0.2, 0.25) is 0 Å². The molecule has 0 atom stereocenters. The van der Waals surface area contributed by atoms with Gasteiger partial charge in [0.05, 0.1) is 0 Å². The van der Waals surface area contributed by atoms with Crippen molar-refractivity contribution in [1.29, 1.82) is 0 Å². The minimum atomic E-state index is -3.14. The number of hydrogen-bond acceptors (Lipinski definition) is 4. The van der Waals surface area contributed by atoms with Crippen molar-refractivity contribution < 1.29 is 31.8 Å². The minimum absolute atomic E-state index is 0.151. The highest BCUT2D eigenvalue weighted by Crippen LogP contribution is 2.29. The van der Waals surface area contributed by atoms with Crippen molar-refractivity contribution >= 4 is 23.3 Å². The van der Waals surface area contributed by atoms with Crippen LogP contribution >= 0.6 is 11.3 Å². The third-order valence-electron chi connectivity index (χ3n) is 3.95. The zero-order valence-electron chi connectivity index (χ0n) is 13.9. The van der Waals surface area contributed by atoms with Crippen molar-refractivity contribution in [1.82, 2.24) is 4.90 Å². The molecule has 1 amide bonds. The molecule has 1 aromatic heterocycles. The van der Waals surface area contributed by atoms with E-state index in [0.717, 1.165) is 18.1 Å². The summed E-state index contributed by atoms with van der Waals surface area (Å²) in [5, 5.41) is 1.98. The SMILES string of the molecule is O=C(C=Cc1ccc(OC(F)F)cc1OC(F)F)N1CCc2sccc2C1. The highest BCUT2D eigenvalue weighted by Gasteiger charge is 2.20. The van der Waals surface area contributed by atoms with Crippen molar-refractivity contribution in [3.05, 3.63) is 51.7 Å². The Morgan fingerprint density at radius 2 is 1.93 bits per heavy atom. The first kappa shape index (κ1) is 19.2. The van der Waals surface area contributed by atoms with E-state index < -0.39 is 13.2 Å². The third kappa shape index (κ3) is 5.00. The average molecular weight is 401 g/mol. The number of amides is 1. The van der Waals surface area contributed by atoms with E-state index in [0.29, 0.717) is 13.1 Å². The summed E-state index contributed by atoms with van der Waals surface area (Å²) in [7, 11) is 0. The fourth-order valence-electron chi connectivity index (χ4n) is 2.73. The molecule has 2 heterocycles.